The van der Waals surface area contributed by atoms with Crippen LogP contribution in [0.5, 0.6) is 0 Å². The second kappa shape index (κ2) is 5.30. The minimum absolute atomic E-state index is 0.515. The largest absolute Gasteiger partial charge is 0.367 e. The third-order valence-corrected chi connectivity index (χ3v) is 3.39. The topological polar surface area (TPSA) is 42.1 Å². The SMILES string of the molecule is CCc1cc(N2CCCCC2CN)ccn1. The van der Waals surface area contributed by atoms with Crippen molar-refractivity contribution in [2.45, 2.75) is 38.6 Å². The van der Waals surface area contributed by atoms with Gasteiger partial charge in [-0.1, -0.05) is 6.92 Å². The number of aryl methyl sites for hydroxylation is 1. The van der Waals surface area contributed by atoms with Gasteiger partial charge in [0, 0.05) is 36.7 Å². The fourth-order valence-electron chi connectivity index (χ4n) is 2.42. The van der Waals surface area contributed by atoms with E-state index in [2.05, 4.69) is 28.9 Å². The standard InChI is InChI=1S/C13H21N3/c1-2-11-9-12(6-7-15-11)16-8-4-3-5-13(16)10-14/h6-7,9,13H,2-5,8,10,14H2,1H3. The van der Waals surface area contributed by atoms with E-state index in [0.29, 0.717) is 6.04 Å². The van der Waals surface area contributed by atoms with Gasteiger partial charge in [-0.05, 0) is 37.8 Å². The highest BCUT2D eigenvalue weighted by atomic mass is 15.2. The Morgan fingerprint density at radius 3 is 3.12 bits per heavy atom. The highest BCUT2D eigenvalue weighted by Crippen LogP contribution is 2.24. The number of nitrogens with zero attached hydrogens (tertiary/aromatic N) is 2. The van der Waals surface area contributed by atoms with Crippen molar-refractivity contribution in [3.63, 3.8) is 0 Å². The van der Waals surface area contributed by atoms with E-state index in [9.17, 15) is 0 Å². The monoisotopic (exact) mass is 219 g/mol. The first-order valence-electron chi connectivity index (χ1n) is 6.26. The van der Waals surface area contributed by atoms with Crippen molar-refractivity contribution in [1.29, 1.82) is 0 Å². The number of hydrogen-bond acceptors (Lipinski definition) is 3. The summed E-state index contributed by atoms with van der Waals surface area (Å²) >= 11 is 0. The molecule has 0 saturated carbocycles. The van der Waals surface area contributed by atoms with Gasteiger partial charge in [-0.15, -0.1) is 0 Å². The van der Waals surface area contributed by atoms with Gasteiger partial charge < -0.3 is 10.6 Å². The van der Waals surface area contributed by atoms with Gasteiger partial charge in [0.1, 0.15) is 0 Å². The summed E-state index contributed by atoms with van der Waals surface area (Å²) < 4.78 is 0. The summed E-state index contributed by atoms with van der Waals surface area (Å²) in [5.74, 6) is 0. The van der Waals surface area contributed by atoms with E-state index < -0.39 is 0 Å². The Labute approximate surface area is 97.7 Å². The second-order valence-electron chi connectivity index (χ2n) is 4.44. The Morgan fingerprint density at radius 1 is 1.50 bits per heavy atom. The summed E-state index contributed by atoms with van der Waals surface area (Å²) in [6.07, 6.45) is 6.72. The van der Waals surface area contributed by atoms with Gasteiger partial charge in [0.2, 0.25) is 0 Å². The van der Waals surface area contributed by atoms with Crippen molar-refractivity contribution in [2.75, 3.05) is 18.0 Å². The molecule has 0 spiro atoms. The fraction of sp³-hybridized carbons (Fsp3) is 0.615. The van der Waals surface area contributed by atoms with Crippen LogP contribution in [0.25, 0.3) is 0 Å². The molecule has 2 N–H and O–H groups in total. The minimum atomic E-state index is 0.515. The number of rotatable bonds is 3. The van der Waals surface area contributed by atoms with Gasteiger partial charge in [-0.2, -0.15) is 0 Å². The molecule has 16 heavy (non-hydrogen) atoms. The van der Waals surface area contributed by atoms with Gasteiger partial charge >= 0.3 is 0 Å². The molecule has 1 fully saturated rings. The van der Waals surface area contributed by atoms with Crippen molar-refractivity contribution in [1.82, 2.24) is 4.98 Å². The van der Waals surface area contributed by atoms with Crippen LogP contribution in [-0.2, 0) is 6.42 Å². The average Bonchev–Trinajstić information content (AvgIpc) is 2.38. The lowest BCUT2D eigenvalue weighted by Gasteiger charge is -2.37. The van der Waals surface area contributed by atoms with Crippen molar-refractivity contribution in [3.05, 3.63) is 24.0 Å². The number of nitrogens with two attached hydrogens (primary N) is 1. The van der Waals surface area contributed by atoms with E-state index in [1.54, 1.807) is 0 Å². The Kier molecular flexibility index (Phi) is 3.78. The zero-order valence-corrected chi connectivity index (χ0v) is 10.0. The van der Waals surface area contributed by atoms with E-state index in [-0.39, 0.29) is 0 Å². The van der Waals surface area contributed by atoms with E-state index in [1.807, 2.05) is 6.20 Å². The molecular weight excluding hydrogens is 198 g/mol. The summed E-state index contributed by atoms with van der Waals surface area (Å²) in [5.41, 5.74) is 8.30. The number of anilines is 1. The van der Waals surface area contributed by atoms with Gasteiger partial charge in [-0.25, -0.2) is 0 Å². The Hall–Kier alpha value is -1.09. The predicted molar refractivity (Wildman–Crippen MR) is 67.7 cm³/mol. The van der Waals surface area contributed by atoms with E-state index >= 15 is 0 Å². The van der Waals surface area contributed by atoms with Crippen LogP contribution in [0.3, 0.4) is 0 Å². The molecule has 1 unspecified atom stereocenters. The predicted octanol–water partition coefficient (Wildman–Crippen LogP) is 1.96. The first kappa shape index (κ1) is 11.4. The average molecular weight is 219 g/mol. The van der Waals surface area contributed by atoms with Crippen LogP contribution in [0.15, 0.2) is 18.3 Å². The molecule has 0 amide bonds. The third kappa shape index (κ3) is 2.35. The van der Waals surface area contributed by atoms with Crippen LogP contribution < -0.4 is 10.6 Å². The summed E-state index contributed by atoms with van der Waals surface area (Å²) in [7, 11) is 0. The number of aromatic nitrogens is 1. The second-order valence-corrected chi connectivity index (χ2v) is 4.44. The molecule has 2 heterocycles. The van der Waals surface area contributed by atoms with E-state index in [4.69, 9.17) is 5.73 Å². The molecule has 1 aliphatic heterocycles. The summed E-state index contributed by atoms with van der Waals surface area (Å²) in [5, 5.41) is 0. The van der Waals surface area contributed by atoms with Crippen molar-refractivity contribution < 1.29 is 0 Å². The molecule has 1 saturated heterocycles. The van der Waals surface area contributed by atoms with Crippen LogP contribution in [0.1, 0.15) is 31.9 Å². The lowest BCUT2D eigenvalue weighted by atomic mass is 10.0. The molecule has 2 rings (SSSR count). The summed E-state index contributed by atoms with van der Waals surface area (Å²) in [6, 6.07) is 4.82. The normalized spacial score (nSPS) is 21.1. The van der Waals surface area contributed by atoms with Crippen LogP contribution in [0, 0.1) is 0 Å². The highest BCUT2D eigenvalue weighted by molar-refractivity contribution is 5.48. The molecule has 1 aromatic heterocycles. The van der Waals surface area contributed by atoms with Gasteiger partial charge in [0.25, 0.3) is 0 Å². The highest BCUT2D eigenvalue weighted by Gasteiger charge is 2.21. The quantitative estimate of drug-likeness (QED) is 0.845. The smallest absolute Gasteiger partial charge is 0.0421 e. The first-order chi connectivity index (χ1) is 7.85. The molecule has 0 aliphatic carbocycles. The zero-order valence-electron chi connectivity index (χ0n) is 10.0. The molecule has 1 aliphatic rings. The van der Waals surface area contributed by atoms with Crippen molar-refractivity contribution >= 4 is 5.69 Å². The van der Waals surface area contributed by atoms with Gasteiger partial charge in [0.15, 0.2) is 0 Å². The van der Waals surface area contributed by atoms with Crippen LogP contribution >= 0.6 is 0 Å². The molecular formula is C13H21N3. The van der Waals surface area contributed by atoms with Gasteiger partial charge in [-0.3, -0.25) is 4.98 Å². The fourth-order valence-corrected chi connectivity index (χ4v) is 2.42. The van der Waals surface area contributed by atoms with Crippen LogP contribution in [0.2, 0.25) is 0 Å². The molecule has 3 heteroatoms. The summed E-state index contributed by atoms with van der Waals surface area (Å²) in [6.45, 7) is 4.03. The lowest BCUT2D eigenvalue weighted by Crippen LogP contribution is -2.44. The maximum absolute atomic E-state index is 5.84. The number of piperidine rings is 1. The molecule has 88 valence electrons. The number of hydrogen-bond donors (Lipinski definition) is 1. The zero-order chi connectivity index (χ0) is 11.4. The maximum atomic E-state index is 5.84. The maximum Gasteiger partial charge on any atom is 0.0421 e. The molecule has 1 aromatic rings. The van der Waals surface area contributed by atoms with Crippen LogP contribution in [-0.4, -0.2) is 24.1 Å². The minimum Gasteiger partial charge on any atom is -0.367 e. The van der Waals surface area contributed by atoms with E-state index in [0.717, 1.165) is 19.5 Å². The van der Waals surface area contributed by atoms with Crippen molar-refractivity contribution in [2.24, 2.45) is 5.73 Å². The molecule has 0 aromatic carbocycles. The third-order valence-electron chi connectivity index (χ3n) is 3.39. The van der Waals surface area contributed by atoms with Gasteiger partial charge in [0.05, 0.1) is 0 Å². The van der Waals surface area contributed by atoms with Crippen molar-refractivity contribution in [3.8, 4) is 0 Å². The Bertz CT molecular complexity index is 338. The Morgan fingerprint density at radius 2 is 2.38 bits per heavy atom. The van der Waals surface area contributed by atoms with Crippen LogP contribution in [0.4, 0.5) is 5.69 Å². The molecule has 3 nitrogen and oxygen atoms in total. The van der Waals surface area contributed by atoms with E-state index in [1.165, 1.54) is 30.6 Å². The molecule has 0 bridgehead atoms. The Balaban J connectivity index is 2.20. The summed E-state index contributed by atoms with van der Waals surface area (Å²) in [4.78, 5) is 6.79. The lowest BCUT2D eigenvalue weighted by molar-refractivity contribution is 0.465. The molecule has 0 radical (unpaired) electrons. The number of pyridine rings is 1. The molecule has 1 atom stereocenters. The first-order valence-corrected chi connectivity index (χ1v) is 6.26.